The molecule has 1 heterocycles. The normalized spacial score (nSPS) is 11.1. The fourth-order valence-corrected chi connectivity index (χ4v) is 1.51. The highest BCUT2D eigenvalue weighted by Gasteiger charge is 2.10. The second-order valence-corrected chi connectivity index (χ2v) is 4.47. The molecule has 0 atom stereocenters. The minimum absolute atomic E-state index is 0.307. The van der Waals surface area contributed by atoms with Gasteiger partial charge in [-0.2, -0.15) is 10.2 Å². The number of hydrazone groups is 1. The maximum absolute atomic E-state index is 11.8. The van der Waals surface area contributed by atoms with Gasteiger partial charge in [0, 0.05) is 5.69 Å². The van der Waals surface area contributed by atoms with Gasteiger partial charge >= 0.3 is 0 Å². The van der Waals surface area contributed by atoms with Crippen molar-refractivity contribution >= 4 is 12.1 Å². The summed E-state index contributed by atoms with van der Waals surface area (Å²) in [5.74, 6) is -0.0165. The first-order valence-corrected chi connectivity index (χ1v) is 6.10. The molecule has 98 valence electrons. The zero-order valence-electron chi connectivity index (χ0n) is 10.9. The van der Waals surface area contributed by atoms with E-state index >= 15 is 0 Å². The van der Waals surface area contributed by atoms with Gasteiger partial charge in [-0.05, 0) is 17.5 Å². The summed E-state index contributed by atoms with van der Waals surface area (Å²) >= 11 is 0. The number of hydrogen-bond acceptors (Lipinski definition) is 3. The number of carbonyl (C=O) groups excluding carboxylic acids is 1. The topological polar surface area (TPSA) is 70.1 Å². The van der Waals surface area contributed by atoms with E-state index in [1.807, 2.05) is 44.2 Å². The molecule has 0 bridgehead atoms. The molecule has 0 spiro atoms. The van der Waals surface area contributed by atoms with Gasteiger partial charge in [0.25, 0.3) is 5.91 Å². The Kier molecular flexibility index (Phi) is 4.07. The van der Waals surface area contributed by atoms with Crippen LogP contribution in [0.3, 0.4) is 0 Å². The van der Waals surface area contributed by atoms with Gasteiger partial charge in [0.15, 0.2) is 5.69 Å². The molecule has 0 aliphatic heterocycles. The number of aromatic nitrogens is 2. The van der Waals surface area contributed by atoms with E-state index in [1.54, 1.807) is 12.3 Å². The van der Waals surface area contributed by atoms with Crippen molar-refractivity contribution in [3.8, 4) is 0 Å². The molecule has 2 rings (SSSR count). The summed E-state index contributed by atoms with van der Waals surface area (Å²) < 4.78 is 0. The van der Waals surface area contributed by atoms with E-state index in [-0.39, 0.29) is 5.91 Å². The van der Waals surface area contributed by atoms with E-state index in [0.29, 0.717) is 11.6 Å². The molecule has 0 saturated carbocycles. The minimum Gasteiger partial charge on any atom is -0.282 e. The predicted molar refractivity (Wildman–Crippen MR) is 74.2 cm³/mol. The van der Waals surface area contributed by atoms with Crippen LogP contribution in [0, 0.1) is 0 Å². The van der Waals surface area contributed by atoms with Gasteiger partial charge in [-0.3, -0.25) is 9.89 Å². The van der Waals surface area contributed by atoms with Gasteiger partial charge in [0.1, 0.15) is 0 Å². The smallest absolute Gasteiger partial charge is 0.282 e. The summed E-state index contributed by atoms with van der Waals surface area (Å²) in [7, 11) is 0. The number of nitrogens with zero attached hydrogens (tertiary/aromatic N) is 2. The van der Waals surface area contributed by atoms with Gasteiger partial charge in [0.2, 0.25) is 0 Å². The molecule has 0 fully saturated rings. The van der Waals surface area contributed by atoms with Gasteiger partial charge in [0.05, 0.1) is 6.21 Å². The van der Waals surface area contributed by atoms with Crippen LogP contribution < -0.4 is 5.43 Å². The highest BCUT2D eigenvalue weighted by Crippen LogP contribution is 2.11. The molecule has 0 radical (unpaired) electrons. The van der Waals surface area contributed by atoms with Crippen molar-refractivity contribution in [2.24, 2.45) is 5.10 Å². The average molecular weight is 256 g/mol. The Labute approximate surface area is 111 Å². The lowest BCUT2D eigenvalue weighted by atomic mass is 10.1. The number of rotatable bonds is 4. The summed E-state index contributed by atoms with van der Waals surface area (Å²) in [6, 6.07) is 11.3. The fourth-order valence-electron chi connectivity index (χ4n) is 1.51. The van der Waals surface area contributed by atoms with Crippen LogP contribution >= 0.6 is 0 Å². The van der Waals surface area contributed by atoms with Gasteiger partial charge in [-0.15, -0.1) is 0 Å². The molecule has 0 saturated heterocycles. The quantitative estimate of drug-likeness (QED) is 0.651. The Bertz CT molecular complexity index is 572. The number of benzene rings is 1. The third-order valence-electron chi connectivity index (χ3n) is 2.63. The monoisotopic (exact) mass is 256 g/mol. The molecule has 1 aromatic carbocycles. The maximum atomic E-state index is 11.8. The van der Waals surface area contributed by atoms with Crippen LogP contribution in [0.15, 0.2) is 41.5 Å². The molecular weight excluding hydrogens is 240 g/mol. The molecule has 1 amide bonds. The lowest BCUT2D eigenvalue weighted by Crippen LogP contribution is -2.18. The van der Waals surface area contributed by atoms with Gasteiger partial charge in [-0.1, -0.05) is 44.2 Å². The SMILES string of the molecule is CC(C)c1cc(C(=O)N/N=C\c2ccccc2)n[nH]1. The number of amides is 1. The first-order chi connectivity index (χ1) is 9.16. The van der Waals surface area contributed by atoms with E-state index in [9.17, 15) is 4.79 Å². The Morgan fingerprint density at radius 2 is 2.11 bits per heavy atom. The average Bonchev–Trinajstić information content (AvgIpc) is 2.89. The first kappa shape index (κ1) is 13.0. The fraction of sp³-hybridized carbons (Fsp3) is 0.214. The van der Waals surface area contributed by atoms with Crippen molar-refractivity contribution in [2.45, 2.75) is 19.8 Å². The first-order valence-electron chi connectivity index (χ1n) is 6.10. The zero-order valence-corrected chi connectivity index (χ0v) is 10.9. The van der Waals surface area contributed by atoms with E-state index in [0.717, 1.165) is 11.3 Å². The van der Waals surface area contributed by atoms with Crippen molar-refractivity contribution in [3.05, 3.63) is 53.3 Å². The number of H-pyrrole nitrogens is 1. The summed E-state index contributed by atoms with van der Waals surface area (Å²) in [4.78, 5) is 11.8. The standard InChI is InChI=1S/C14H16N4O/c1-10(2)12-8-13(17-16-12)14(19)18-15-9-11-6-4-3-5-7-11/h3-10H,1-2H3,(H,16,17)(H,18,19)/b15-9-. The second-order valence-electron chi connectivity index (χ2n) is 4.47. The molecule has 2 aromatic rings. The molecule has 5 nitrogen and oxygen atoms in total. The molecule has 2 N–H and O–H groups in total. The van der Waals surface area contributed by atoms with Crippen molar-refractivity contribution in [2.75, 3.05) is 0 Å². The molecule has 0 aliphatic rings. The van der Waals surface area contributed by atoms with Crippen molar-refractivity contribution in [1.82, 2.24) is 15.6 Å². The Hall–Kier alpha value is -2.43. The lowest BCUT2D eigenvalue weighted by molar-refractivity contribution is 0.0950. The highest BCUT2D eigenvalue weighted by molar-refractivity contribution is 5.93. The van der Waals surface area contributed by atoms with Crippen LogP contribution in [0.4, 0.5) is 0 Å². The zero-order chi connectivity index (χ0) is 13.7. The van der Waals surface area contributed by atoms with E-state index in [2.05, 4.69) is 20.7 Å². The lowest BCUT2D eigenvalue weighted by Gasteiger charge is -1.96. The second kappa shape index (κ2) is 5.95. The van der Waals surface area contributed by atoms with E-state index in [1.165, 1.54) is 0 Å². The third-order valence-corrected chi connectivity index (χ3v) is 2.63. The number of carbonyl (C=O) groups is 1. The molecule has 1 aromatic heterocycles. The number of nitrogens with one attached hydrogen (secondary N) is 2. The molecule has 19 heavy (non-hydrogen) atoms. The van der Waals surface area contributed by atoms with Crippen LogP contribution in [0.25, 0.3) is 0 Å². The Balaban J connectivity index is 1.96. The molecular formula is C14H16N4O. The summed E-state index contributed by atoms with van der Waals surface area (Å²) in [6.07, 6.45) is 1.59. The van der Waals surface area contributed by atoms with Crippen LogP contribution in [-0.4, -0.2) is 22.3 Å². The molecule has 5 heteroatoms. The maximum Gasteiger partial charge on any atom is 0.291 e. The number of hydrogen-bond donors (Lipinski definition) is 2. The van der Waals surface area contributed by atoms with E-state index in [4.69, 9.17) is 0 Å². The summed E-state index contributed by atoms with van der Waals surface area (Å²) in [6.45, 7) is 4.06. The summed E-state index contributed by atoms with van der Waals surface area (Å²) in [5, 5.41) is 10.7. The van der Waals surface area contributed by atoms with E-state index < -0.39 is 0 Å². The van der Waals surface area contributed by atoms with Crippen molar-refractivity contribution in [3.63, 3.8) is 0 Å². The Morgan fingerprint density at radius 1 is 1.37 bits per heavy atom. The minimum atomic E-state index is -0.324. The Morgan fingerprint density at radius 3 is 2.74 bits per heavy atom. The molecule has 0 aliphatic carbocycles. The largest absolute Gasteiger partial charge is 0.291 e. The van der Waals surface area contributed by atoms with Crippen LogP contribution in [0.2, 0.25) is 0 Å². The van der Waals surface area contributed by atoms with Gasteiger partial charge in [-0.25, -0.2) is 5.43 Å². The van der Waals surface area contributed by atoms with Crippen LogP contribution in [-0.2, 0) is 0 Å². The molecule has 0 unspecified atom stereocenters. The predicted octanol–water partition coefficient (Wildman–Crippen LogP) is 2.30. The van der Waals surface area contributed by atoms with Crippen molar-refractivity contribution < 1.29 is 4.79 Å². The van der Waals surface area contributed by atoms with Gasteiger partial charge < -0.3 is 0 Å². The summed E-state index contributed by atoms with van der Waals surface area (Å²) in [5.41, 5.74) is 4.64. The number of aromatic amines is 1. The van der Waals surface area contributed by atoms with Crippen molar-refractivity contribution in [1.29, 1.82) is 0 Å². The van der Waals surface area contributed by atoms with Crippen LogP contribution in [0.5, 0.6) is 0 Å². The highest BCUT2D eigenvalue weighted by atomic mass is 16.2. The third kappa shape index (κ3) is 3.51. The van der Waals surface area contributed by atoms with Crippen LogP contribution in [0.1, 0.15) is 41.5 Å².